The summed E-state index contributed by atoms with van der Waals surface area (Å²) in [7, 11) is 2.89. The van der Waals surface area contributed by atoms with Gasteiger partial charge in [0.2, 0.25) is 5.78 Å². The number of phenolic OH excluding ortho intramolecular Hbond substituents is 1. The summed E-state index contributed by atoms with van der Waals surface area (Å²) >= 11 is 1.80. The van der Waals surface area contributed by atoms with Crippen LogP contribution in [0.1, 0.15) is 24.0 Å². The first-order valence-electron chi connectivity index (χ1n) is 10.3. The topological polar surface area (TPSA) is 208 Å². The maximum absolute atomic E-state index is 13.8. The lowest BCUT2D eigenvalue weighted by atomic mass is 9.54. The summed E-state index contributed by atoms with van der Waals surface area (Å²) < 4.78 is 0.293. The number of ketones is 2. The van der Waals surface area contributed by atoms with E-state index in [1.54, 1.807) is 29.5 Å². The van der Waals surface area contributed by atoms with E-state index in [2.05, 4.69) is 0 Å². The van der Waals surface area contributed by atoms with E-state index in [1.807, 2.05) is 0 Å². The lowest BCUT2D eigenvalue weighted by Crippen LogP contribution is -2.70. The molecule has 0 aromatic heterocycles. The van der Waals surface area contributed by atoms with Gasteiger partial charge in [-0.05, 0) is 54.2 Å². The monoisotopic (exact) mass is 585 g/mol. The number of anilines is 1. The van der Waals surface area contributed by atoms with E-state index < -0.39 is 75.6 Å². The van der Waals surface area contributed by atoms with Crippen LogP contribution < -0.4 is 11.5 Å². The number of amides is 1. The van der Waals surface area contributed by atoms with E-state index in [9.17, 15) is 39.9 Å². The van der Waals surface area contributed by atoms with Gasteiger partial charge in [-0.3, -0.25) is 19.3 Å². The Morgan fingerprint density at radius 3 is 2.32 bits per heavy atom. The van der Waals surface area contributed by atoms with Crippen molar-refractivity contribution in [3.63, 3.8) is 0 Å². The van der Waals surface area contributed by atoms with Gasteiger partial charge in [-0.1, -0.05) is 6.92 Å². The predicted octanol–water partition coefficient (Wildman–Crippen LogP) is -0.317. The number of benzene rings is 1. The van der Waals surface area contributed by atoms with Crippen LogP contribution in [0.3, 0.4) is 0 Å². The van der Waals surface area contributed by atoms with Crippen LogP contribution >= 0.6 is 22.6 Å². The summed E-state index contributed by atoms with van der Waals surface area (Å²) in [6.45, 7) is 1.62. The van der Waals surface area contributed by atoms with Crippen LogP contribution in [0.2, 0.25) is 0 Å². The Kier molecular flexibility index (Phi) is 5.51. The third-order valence-electron chi connectivity index (χ3n) is 7.21. The molecule has 1 fully saturated rings. The lowest BCUT2D eigenvalue weighted by molar-refractivity contribution is -0.169. The Hall–Kier alpha value is -2.68. The van der Waals surface area contributed by atoms with Gasteiger partial charge in [0.25, 0.3) is 5.91 Å². The second kappa shape index (κ2) is 7.66. The fourth-order valence-electron chi connectivity index (χ4n) is 5.77. The van der Waals surface area contributed by atoms with Crippen molar-refractivity contribution in [3.8, 4) is 5.75 Å². The number of carbonyl (C=O) groups excluding carboxylic acids is 3. The molecule has 0 aliphatic heterocycles. The molecule has 4 rings (SSSR count). The summed E-state index contributed by atoms with van der Waals surface area (Å²) in [4.78, 5) is 40.2. The number of fused-ring (bicyclic) bond motifs is 3. The molecule has 0 spiro atoms. The average Bonchev–Trinajstić information content (AvgIpc) is 2.73. The molecule has 12 heteroatoms. The molecule has 1 saturated carbocycles. The van der Waals surface area contributed by atoms with Gasteiger partial charge in [-0.25, -0.2) is 0 Å². The number of aliphatic hydroxyl groups is 4. The van der Waals surface area contributed by atoms with Gasteiger partial charge in [0.1, 0.15) is 22.8 Å². The Labute approximate surface area is 207 Å². The molecule has 1 aromatic rings. The van der Waals surface area contributed by atoms with Gasteiger partial charge in [0.05, 0.1) is 27.2 Å². The minimum Gasteiger partial charge on any atom is -0.508 e. The quantitative estimate of drug-likeness (QED) is 0.104. The number of halogens is 1. The fraction of sp³-hybridized carbons (Fsp3) is 0.409. The van der Waals surface area contributed by atoms with E-state index in [4.69, 9.17) is 11.5 Å². The molecule has 6 atom stereocenters. The molecular formula is C22H24IN3O8. The van der Waals surface area contributed by atoms with Crippen LogP contribution in [-0.2, 0) is 14.4 Å². The number of aliphatic hydroxyl groups excluding tert-OH is 3. The molecule has 1 amide bonds. The first kappa shape index (κ1) is 24.4. The number of carbonyl (C=O) groups is 3. The van der Waals surface area contributed by atoms with Gasteiger partial charge in [-0.2, -0.15) is 0 Å². The summed E-state index contributed by atoms with van der Waals surface area (Å²) in [6.07, 6.45) is -1.66. The molecule has 0 radical (unpaired) electrons. The number of aromatic hydroxyl groups is 1. The van der Waals surface area contributed by atoms with Crippen LogP contribution in [0.4, 0.5) is 5.69 Å². The van der Waals surface area contributed by atoms with E-state index in [0.717, 1.165) is 0 Å². The Bertz CT molecular complexity index is 1240. The maximum atomic E-state index is 13.8. The number of hydrogen-bond donors (Lipinski definition) is 7. The molecule has 0 heterocycles. The standard InChI is InChI=1S/C22H24IN3O8/c1-5-8-7(24)4-6(23)15(27)10(8)16(28)11-9(5)17(29)13-14(26(2)3)18(30)12(21(25)33)20(32)22(13,34)19(11)31/h4-5,9,13-14,17,27-29,32,34H,24H2,1-3H3,(H2,25,33)/t5-,9?,13?,14-,17-,22-/m0/s1. The molecule has 1 aromatic carbocycles. The largest absolute Gasteiger partial charge is 0.508 e. The average molecular weight is 585 g/mol. The van der Waals surface area contributed by atoms with Gasteiger partial charge in [0, 0.05) is 17.2 Å². The Morgan fingerprint density at radius 2 is 1.79 bits per heavy atom. The van der Waals surface area contributed by atoms with Crippen molar-refractivity contribution < 1.29 is 39.9 Å². The van der Waals surface area contributed by atoms with Crippen molar-refractivity contribution in [1.29, 1.82) is 0 Å². The van der Waals surface area contributed by atoms with Crippen LogP contribution in [-0.4, -0.2) is 79.7 Å². The minimum absolute atomic E-state index is 0.125. The highest BCUT2D eigenvalue weighted by Crippen LogP contribution is 2.57. The highest BCUT2D eigenvalue weighted by Gasteiger charge is 2.68. The molecular weight excluding hydrogens is 561 g/mol. The second-order valence-corrected chi connectivity index (χ2v) is 10.3. The van der Waals surface area contributed by atoms with Crippen molar-refractivity contribution in [2.75, 3.05) is 19.8 Å². The van der Waals surface area contributed by atoms with Crippen LogP contribution in [0, 0.1) is 15.4 Å². The molecule has 11 nitrogen and oxygen atoms in total. The van der Waals surface area contributed by atoms with Gasteiger partial charge >= 0.3 is 0 Å². The van der Waals surface area contributed by atoms with E-state index >= 15 is 0 Å². The SMILES string of the molecule is C[C@H]1c2c(N)cc(I)c(O)c2C(O)=C2C(=O)[C@]3(O)C(O)=C(C(N)=O)C(=O)[C@@H](N(C)C)C3[C@@H](O)C21. The number of nitrogens with two attached hydrogens (primary N) is 2. The zero-order valence-electron chi connectivity index (χ0n) is 18.4. The van der Waals surface area contributed by atoms with Crippen LogP contribution in [0.25, 0.3) is 5.76 Å². The van der Waals surface area contributed by atoms with E-state index in [1.165, 1.54) is 25.1 Å². The number of nitrogen functional groups attached to an aromatic ring is 1. The highest BCUT2D eigenvalue weighted by molar-refractivity contribution is 14.1. The summed E-state index contributed by atoms with van der Waals surface area (Å²) in [5, 5.41) is 55.7. The Balaban J connectivity index is 2.10. The molecule has 3 aliphatic rings. The molecule has 2 unspecified atom stereocenters. The van der Waals surface area contributed by atoms with E-state index in [0.29, 0.717) is 9.13 Å². The van der Waals surface area contributed by atoms with Crippen molar-refractivity contribution >= 4 is 51.5 Å². The smallest absolute Gasteiger partial charge is 0.255 e. The van der Waals surface area contributed by atoms with Gasteiger partial charge < -0.3 is 37.0 Å². The highest BCUT2D eigenvalue weighted by atomic mass is 127. The molecule has 0 saturated heterocycles. The third-order valence-corrected chi connectivity index (χ3v) is 8.03. The van der Waals surface area contributed by atoms with Crippen molar-refractivity contribution in [1.82, 2.24) is 4.90 Å². The molecule has 9 N–H and O–H groups in total. The molecule has 0 bridgehead atoms. The van der Waals surface area contributed by atoms with Crippen molar-refractivity contribution in [2.24, 2.45) is 17.6 Å². The number of Topliss-reactive ketones (excluding diaryl/α,β-unsaturated/α-hetero) is 2. The molecule has 3 aliphatic carbocycles. The zero-order chi connectivity index (χ0) is 25.6. The first-order chi connectivity index (χ1) is 15.7. The number of primary amides is 1. The predicted molar refractivity (Wildman–Crippen MR) is 127 cm³/mol. The van der Waals surface area contributed by atoms with Gasteiger partial charge in [-0.15, -0.1) is 0 Å². The minimum atomic E-state index is -2.94. The number of nitrogens with zero attached hydrogens (tertiary/aromatic N) is 1. The number of likely N-dealkylation sites (N-methyl/N-ethyl adjacent to an activating group) is 1. The first-order valence-corrected chi connectivity index (χ1v) is 11.4. The Morgan fingerprint density at radius 1 is 1.21 bits per heavy atom. The second-order valence-electron chi connectivity index (χ2n) is 9.13. The third kappa shape index (κ3) is 2.82. The zero-order valence-corrected chi connectivity index (χ0v) is 20.6. The summed E-state index contributed by atoms with van der Waals surface area (Å²) in [6, 6.07) is 0.0826. The maximum Gasteiger partial charge on any atom is 0.255 e. The number of rotatable bonds is 2. The van der Waals surface area contributed by atoms with Crippen molar-refractivity contribution in [3.05, 3.63) is 37.7 Å². The van der Waals surface area contributed by atoms with Crippen LogP contribution in [0.5, 0.6) is 5.75 Å². The number of hydrogen-bond acceptors (Lipinski definition) is 10. The summed E-state index contributed by atoms with van der Waals surface area (Å²) in [5.41, 5.74) is 7.48. The van der Waals surface area contributed by atoms with Gasteiger partial charge in [0.15, 0.2) is 11.4 Å². The van der Waals surface area contributed by atoms with Crippen molar-refractivity contribution in [2.45, 2.75) is 30.6 Å². The fourth-order valence-corrected chi connectivity index (χ4v) is 6.38. The lowest BCUT2D eigenvalue weighted by Gasteiger charge is -2.53. The molecule has 182 valence electrons. The molecule has 34 heavy (non-hydrogen) atoms. The summed E-state index contributed by atoms with van der Waals surface area (Å²) in [5.74, 6) is -9.36. The normalized spacial score (nSPS) is 33.1. The van der Waals surface area contributed by atoms with E-state index in [-0.39, 0.29) is 17.0 Å². The van der Waals surface area contributed by atoms with Crippen LogP contribution in [0.15, 0.2) is 23.0 Å². The number of phenols is 1.